The number of para-hydroxylation sites is 4. The zero-order chi connectivity index (χ0) is 43.0. The van der Waals surface area contributed by atoms with E-state index >= 15 is 0 Å². The van der Waals surface area contributed by atoms with Crippen molar-refractivity contribution in [1.82, 2.24) is 23.7 Å². The Labute approximate surface area is 381 Å². The van der Waals surface area contributed by atoms with Crippen LogP contribution in [0.15, 0.2) is 212 Å². The molecular weight excluding hydrogens is 823 g/mol. The van der Waals surface area contributed by atoms with Gasteiger partial charge in [0.15, 0.2) is 5.82 Å². The monoisotopic (exact) mass is 857 g/mol. The maximum Gasteiger partial charge on any atom is 0.161 e. The summed E-state index contributed by atoms with van der Waals surface area (Å²) in [5.41, 5.74) is 13.5. The highest BCUT2D eigenvalue weighted by atomic mass is 32.1. The molecule has 5 nitrogen and oxygen atoms in total. The van der Waals surface area contributed by atoms with Crippen LogP contribution < -0.4 is 0 Å². The molecular formula is C60H35N5S. The lowest BCUT2D eigenvalue weighted by atomic mass is 9.97. The first-order chi connectivity index (χ1) is 32.8. The molecule has 66 heavy (non-hydrogen) atoms. The third-order valence-electron chi connectivity index (χ3n) is 13.8. The summed E-state index contributed by atoms with van der Waals surface area (Å²) in [5, 5.41) is 12.3. The van der Waals surface area contributed by atoms with Crippen LogP contribution in [0.2, 0.25) is 0 Å². The number of nitrogens with zero attached hydrogens (tertiary/aromatic N) is 5. The van der Waals surface area contributed by atoms with Gasteiger partial charge < -0.3 is 13.7 Å². The van der Waals surface area contributed by atoms with Crippen LogP contribution in [0, 0.1) is 0 Å². The van der Waals surface area contributed by atoms with Gasteiger partial charge in [-0.05, 0) is 89.6 Å². The summed E-state index contributed by atoms with van der Waals surface area (Å²) >= 11 is 1.73. The van der Waals surface area contributed by atoms with Gasteiger partial charge in [0.1, 0.15) is 4.83 Å². The fraction of sp³-hybridized carbons (Fsp3) is 0. The third kappa shape index (κ3) is 4.88. The SMILES string of the molecule is c1ccc(-c2nc(-c3ccc(-n4c5cc6c(c7ccc8cc9c%10ccccc%10n(-c%10ccccc%10)c9c4c8c75)c4ccccc4n6-c4ccccc4)cc3)nc3sc4ccccc4c23)cc1. The van der Waals surface area contributed by atoms with E-state index in [-0.39, 0.29) is 0 Å². The summed E-state index contributed by atoms with van der Waals surface area (Å²) in [4.78, 5) is 11.6. The summed E-state index contributed by atoms with van der Waals surface area (Å²) in [6, 6.07) is 77.0. The van der Waals surface area contributed by atoms with E-state index in [4.69, 9.17) is 9.97 Å². The molecule has 0 radical (unpaired) electrons. The molecule has 0 bridgehead atoms. The summed E-state index contributed by atoms with van der Waals surface area (Å²) in [6.45, 7) is 0. The normalized spacial score (nSPS) is 12.2. The molecule has 15 aromatic rings. The number of aromatic nitrogens is 5. The highest BCUT2D eigenvalue weighted by molar-refractivity contribution is 7.25. The molecule has 0 aliphatic carbocycles. The molecule has 0 atom stereocenters. The highest BCUT2D eigenvalue weighted by Gasteiger charge is 2.27. The molecule has 0 saturated carbocycles. The predicted octanol–water partition coefficient (Wildman–Crippen LogP) is 16.1. The van der Waals surface area contributed by atoms with Gasteiger partial charge in [0, 0.05) is 76.0 Å². The van der Waals surface area contributed by atoms with Gasteiger partial charge >= 0.3 is 0 Å². The zero-order valence-electron chi connectivity index (χ0n) is 35.4. The van der Waals surface area contributed by atoms with Gasteiger partial charge in [-0.1, -0.05) is 133 Å². The van der Waals surface area contributed by atoms with Crippen LogP contribution in [-0.2, 0) is 0 Å². The van der Waals surface area contributed by atoms with Crippen molar-refractivity contribution < 1.29 is 0 Å². The molecule has 306 valence electrons. The van der Waals surface area contributed by atoms with Gasteiger partial charge in [-0.15, -0.1) is 11.3 Å². The lowest BCUT2D eigenvalue weighted by molar-refractivity contribution is 1.14. The van der Waals surface area contributed by atoms with E-state index in [1.807, 2.05) is 0 Å². The molecule has 0 saturated heterocycles. The van der Waals surface area contributed by atoms with Crippen molar-refractivity contribution in [3.63, 3.8) is 0 Å². The third-order valence-corrected chi connectivity index (χ3v) is 14.9. The quantitative estimate of drug-likeness (QED) is 0.162. The second-order valence-electron chi connectivity index (χ2n) is 17.3. The molecule has 15 rings (SSSR count). The fourth-order valence-corrected chi connectivity index (χ4v) is 12.1. The Balaban J connectivity index is 1.07. The molecule has 5 aromatic heterocycles. The van der Waals surface area contributed by atoms with Crippen molar-refractivity contribution in [3.8, 4) is 39.7 Å². The number of thiophene rings is 1. The average Bonchev–Trinajstić information content (AvgIpc) is 4.13. The Morgan fingerprint density at radius 2 is 0.924 bits per heavy atom. The van der Waals surface area contributed by atoms with Crippen LogP contribution in [-0.4, -0.2) is 23.7 Å². The summed E-state index contributed by atoms with van der Waals surface area (Å²) in [7, 11) is 0. The summed E-state index contributed by atoms with van der Waals surface area (Å²) < 4.78 is 8.66. The largest absolute Gasteiger partial charge is 0.309 e. The van der Waals surface area contributed by atoms with Gasteiger partial charge in [-0.25, -0.2) is 9.97 Å². The van der Waals surface area contributed by atoms with Gasteiger partial charge in [-0.2, -0.15) is 0 Å². The number of fused-ring (bicyclic) bond motifs is 11. The summed E-state index contributed by atoms with van der Waals surface area (Å²) in [5.74, 6) is 0.717. The van der Waals surface area contributed by atoms with Gasteiger partial charge in [0.05, 0.1) is 38.8 Å². The average molecular weight is 858 g/mol. The minimum Gasteiger partial charge on any atom is -0.309 e. The van der Waals surface area contributed by atoms with E-state index < -0.39 is 0 Å². The standard InChI is InChI=1S/C60H35N5S/c1-4-16-36(17-5-1)56-55-44-24-12-15-27-51(44)66-60(55)62-59(61-56)37-28-31-41(32-29-37)65-50-35-49-53(43-23-11-14-26-48(43)63(49)39-18-6-2-7-19-39)45-33-30-38-34-46-42-22-10-13-25-47(42)64(40-20-8-3-9-21-40)57(46)58(65)52(38)54(45)50/h1-35H. The first-order valence-corrected chi connectivity index (χ1v) is 23.2. The molecule has 6 heteroatoms. The van der Waals surface area contributed by atoms with Crippen molar-refractivity contribution in [1.29, 1.82) is 0 Å². The van der Waals surface area contributed by atoms with Crippen molar-refractivity contribution in [2.24, 2.45) is 0 Å². The molecule has 0 N–H and O–H groups in total. The number of rotatable bonds is 5. The van der Waals surface area contributed by atoms with Crippen molar-refractivity contribution in [2.75, 3.05) is 0 Å². The molecule has 0 aliphatic heterocycles. The Morgan fingerprint density at radius 3 is 1.68 bits per heavy atom. The molecule has 10 aromatic carbocycles. The topological polar surface area (TPSA) is 40.6 Å². The first-order valence-electron chi connectivity index (χ1n) is 22.4. The zero-order valence-corrected chi connectivity index (χ0v) is 36.2. The van der Waals surface area contributed by atoms with Gasteiger partial charge in [0.2, 0.25) is 0 Å². The number of benzene rings is 10. The minimum atomic E-state index is 0.717. The first kappa shape index (κ1) is 35.8. The van der Waals surface area contributed by atoms with Crippen LogP contribution in [0.3, 0.4) is 0 Å². The molecule has 0 fully saturated rings. The maximum absolute atomic E-state index is 5.37. The lowest BCUT2D eigenvalue weighted by Crippen LogP contribution is -1.99. The van der Waals surface area contributed by atoms with Crippen LogP contribution in [0.1, 0.15) is 0 Å². The molecule has 0 amide bonds. The van der Waals surface area contributed by atoms with E-state index in [1.54, 1.807) is 11.3 Å². The molecule has 5 heterocycles. The maximum atomic E-state index is 5.37. The number of hydrogen-bond donors (Lipinski definition) is 0. The lowest BCUT2D eigenvalue weighted by Gasteiger charge is -2.14. The smallest absolute Gasteiger partial charge is 0.161 e. The molecule has 0 unspecified atom stereocenters. The molecule has 0 spiro atoms. The highest BCUT2D eigenvalue weighted by Crippen LogP contribution is 2.49. The van der Waals surface area contributed by atoms with E-state index in [1.165, 1.54) is 80.8 Å². The fourth-order valence-electron chi connectivity index (χ4n) is 11.1. The number of hydrogen-bond acceptors (Lipinski definition) is 3. The van der Waals surface area contributed by atoms with Gasteiger partial charge in [-0.3, -0.25) is 0 Å². The Hall–Kier alpha value is -8.58. The summed E-state index contributed by atoms with van der Waals surface area (Å²) in [6.07, 6.45) is 0. The molecule has 0 aliphatic rings. The van der Waals surface area contributed by atoms with E-state index in [2.05, 4.69) is 226 Å². The van der Waals surface area contributed by atoms with Crippen LogP contribution in [0.4, 0.5) is 0 Å². The van der Waals surface area contributed by atoms with E-state index in [0.29, 0.717) is 5.82 Å². The van der Waals surface area contributed by atoms with Crippen LogP contribution in [0.25, 0.3) is 136 Å². The minimum absolute atomic E-state index is 0.717. The van der Waals surface area contributed by atoms with Gasteiger partial charge in [0.25, 0.3) is 0 Å². The van der Waals surface area contributed by atoms with E-state index in [0.717, 1.165) is 49.6 Å². The predicted molar refractivity (Wildman–Crippen MR) is 278 cm³/mol. The Morgan fingerprint density at radius 1 is 0.333 bits per heavy atom. The van der Waals surface area contributed by atoms with Crippen molar-refractivity contribution >= 4 is 108 Å². The second-order valence-corrected chi connectivity index (χ2v) is 18.3. The Kier molecular flexibility index (Phi) is 7.31. The van der Waals surface area contributed by atoms with E-state index in [9.17, 15) is 0 Å². The second kappa shape index (κ2) is 13.5. The van der Waals surface area contributed by atoms with Crippen LogP contribution in [0.5, 0.6) is 0 Å². The van der Waals surface area contributed by atoms with Crippen LogP contribution >= 0.6 is 11.3 Å². The van der Waals surface area contributed by atoms with Crippen molar-refractivity contribution in [3.05, 3.63) is 212 Å². The van der Waals surface area contributed by atoms with Crippen molar-refractivity contribution in [2.45, 2.75) is 0 Å². The Bertz CT molecular complexity index is 4430.